The molecule has 0 radical (unpaired) electrons. The molecule has 0 aromatic rings. The summed E-state index contributed by atoms with van der Waals surface area (Å²) in [7, 11) is 0. The minimum Gasteiger partial charge on any atom is -0.373 e. The van der Waals surface area contributed by atoms with E-state index in [0.29, 0.717) is 6.54 Å². The van der Waals surface area contributed by atoms with Gasteiger partial charge in [-0.15, -0.1) is 24.8 Å². The molecule has 0 unspecified atom stereocenters. The first kappa shape index (κ1) is 18.9. The normalized spacial score (nSPS) is 23.7. The van der Waals surface area contributed by atoms with E-state index < -0.39 is 5.54 Å². The summed E-state index contributed by atoms with van der Waals surface area (Å²) in [6.07, 6.45) is 1.65. The van der Waals surface area contributed by atoms with Crippen molar-refractivity contribution in [2.24, 2.45) is 5.73 Å². The van der Waals surface area contributed by atoms with Gasteiger partial charge in [-0.3, -0.25) is 9.69 Å². The van der Waals surface area contributed by atoms with Crippen molar-refractivity contribution in [2.45, 2.75) is 37.8 Å². The van der Waals surface area contributed by atoms with E-state index in [9.17, 15) is 4.79 Å². The molecule has 5 nitrogen and oxygen atoms in total. The van der Waals surface area contributed by atoms with Gasteiger partial charge in [0.2, 0.25) is 5.91 Å². The smallest absolute Gasteiger partial charge is 0.240 e. The van der Waals surface area contributed by atoms with Crippen molar-refractivity contribution in [1.82, 2.24) is 10.2 Å². The number of nitrogens with one attached hydrogen (secondary N) is 1. The highest BCUT2D eigenvalue weighted by atomic mass is 35.5. The van der Waals surface area contributed by atoms with Crippen LogP contribution in [0.3, 0.4) is 0 Å². The first-order valence-electron chi connectivity index (χ1n) is 6.35. The zero-order valence-corrected chi connectivity index (χ0v) is 13.2. The van der Waals surface area contributed by atoms with Gasteiger partial charge in [0.15, 0.2) is 0 Å². The van der Waals surface area contributed by atoms with Crippen LogP contribution in [0.15, 0.2) is 0 Å². The highest BCUT2D eigenvalue weighted by Gasteiger charge is 2.45. The van der Waals surface area contributed by atoms with Gasteiger partial charge in [0.25, 0.3) is 0 Å². The molecule has 0 bridgehead atoms. The van der Waals surface area contributed by atoms with Gasteiger partial charge in [-0.1, -0.05) is 0 Å². The fourth-order valence-electron chi connectivity index (χ4n) is 2.17. The molecule has 0 atom stereocenters. The first-order chi connectivity index (χ1) is 7.91. The van der Waals surface area contributed by atoms with Gasteiger partial charge in [-0.2, -0.15) is 0 Å². The maximum Gasteiger partial charge on any atom is 0.240 e. The number of halogens is 2. The highest BCUT2D eigenvalue weighted by molar-refractivity contribution is 5.88. The van der Waals surface area contributed by atoms with Crippen molar-refractivity contribution >= 4 is 30.7 Å². The molecule has 19 heavy (non-hydrogen) atoms. The maximum absolute atomic E-state index is 11.6. The van der Waals surface area contributed by atoms with Gasteiger partial charge in [0, 0.05) is 26.2 Å². The number of hydrogen-bond acceptors (Lipinski definition) is 4. The molecule has 1 amide bonds. The first-order valence-corrected chi connectivity index (χ1v) is 6.35. The van der Waals surface area contributed by atoms with Gasteiger partial charge >= 0.3 is 0 Å². The molecule has 114 valence electrons. The van der Waals surface area contributed by atoms with E-state index in [0.717, 1.165) is 39.1 Å². The van der Waals surface area contributed by atoms with Crippen molar-refractivity contribution in [3.8, 4) is 0 Å². The Balaban J connectivity index is 0.00000162. The Morgan fingerprint density at radius 3 is 2.53 bits per heavy atom. The Morgan fingerprint density at radius 1 is 1.37 bits per heavy atom. The SMILES string of the molecule is CC1(C)CN(CCNC(=O)C2(N)CC2)CCO1.Cl.Cl. The van der Waals surface area contributed by atoms with Crippen LogP contribution in [0, 0.1) is 0 Å². The van der Waals surface area contributed by atoms with Crippen molar-refractivity contribution in [3.05, 3.63) is 0 Å². The molecular weight excluding hydrogens is 289 g/mol. The lowest BCUT2D eigenvalue weighted by molar-refractivity contribution is -0.123. The van der Waals surface area contributed by atoms with E-state index in [1.165, 1.54) is 0 Å². The van der Waals surface area contributed by atoms with Crippen LogP contribution < -0.4 is 11.1 Å². The van der Waals surface area contributed by atoms with Crippen LogP contribution in [0.2, 0.25) is 0 Å². The Hall–Kier alpha value is -0.0700. The van der Waals surface area contributed by atoms with Crippen molar-refractivity contribution < 1.29 is 9.53 Å². The van der Waals surface area contributed by atoms with Crippen LogP contribution >= 0.6 is 24.8 Å². The fraction of sp³-hybridized carbons (Fsp3) is 0.917. The van der Waals surface area contributed by atoms with Gasteiger partial charge in [0.1, 0.15) is 0 Å². The number of carbonyl (C=O) groups is 1. The zero-order valence-electron chi connectivity index (χ0n) is 11.6. The molecule has 2 aliphatic rings. The number of nitrogens with two attached hydrogens (primary N) is 1. The molecule has 1 saturated heterocycles. The van der Waals surface area contributed by atoms with Crippen molar-refractivity contribution in [1.29, 1.82) is 0 Å². The average molecular weight is 314 g/mol. The quantitative estimate of drug-likeness (QED) is 0.795. The lowest BCUT2D eigenvalue weighted by Crippen LogP contribution is -2.51. The molecule has 1 aliphatic carbocycles. The molecule has 7 heteroatoms. The molecule has 1 aliphatic heterocycles. The lowest BCUT2D eigenvalue weighted by atomic mass is 10.1. The van der Waals surface area contributed by atoms with Crippen LogP contribution in [0.4, 0.5) is 0 Å². The van der Waals surface area contributed by atoms with Crippen molar-refractivity contribution in [3.63, 3.8) is 0 Å². The van der Waals surface area contributed by atoms with Crippen LogP contribution in [-0.4, -0.2) is 54.7 Å². The number of nitrogens with zero attached hydrogens (tertiary/aromatic N) is 1. The molecule has 1 heterocycles. The summed E-state index contributed by atoms with van der Waals surface area (Å²) < 4.78 is 5.64. The van der Waals surface area contributed by atoms with Crippen LogP contribution in [0.5, 0.6) is 0 Å². The van der Waals surface area contributed by atoms with Gasteiger partial charge in [0.05, 0.1) is 17.7 Å². The molecule has 0 spiro atoms. The van der Waals surface area contributed by atoms with Crippen molar-refractivity contribution in [2.75, 3.05) is 32.8 Å². The average Bonchev–Trinajstić information content (AvgIpc) is 2.96. The van der Waals surface area contributed by atoms with E-state index in [1.807, 2.05) is 0 Å². The maximum atomic E-state index is 11.6. The van der Waals surface area contributed by atoms with Crippen LogP contribution in [-0.2, 0) is 9.53 Å². The Kier molecular flexibility index (Phi) is 7.06. The number of carbonyl (C=O) groups excluding carboxylic acids is 1. The van der Waals surface area contributed by atoms with E-state index in [-0.39, 0.29) is 36.3 Å². The number of ether oxygens (including phenoxy) is 1. The summed E-state index contributed by atoms with van der Waals surface area (Å²) in [5, 5.41) is 2.91. The van der Waals surface area contributed by atoms with Gasteiger partial charge < -0.3 is 15.8 Å². The van der Waals surface area contributed by atoms with E-state index in [1.54, 1.807) is 0 Å². The Labute approximate surface area is 127 Å². The molecular formula is C12H25Cl2N3O2. The Morgan fingerprint density at radius 2 is 2.00 bits per heavy atom. The molecule has 3 N–H and O–H groups in total. The van der Waals surface area contributed by atoms with E-state index >= 15 is 0 Å². The lowest BCUT2D eigenvalue weighted by Gasteiger charge is -2.38. The summed E-state index contributed by atoms with van der Waals surface area (Å²) in [5.74, 6) is 0.00465. The summed E-state index contributed by atoms with van der Waals surface area (Å²) in [6.45, 7) is 8.35. The fourth-order valence-corrected chi connectivity index (χ4v) is 2.17. The predicted octanol–water partition coefficient (Wildman–Crippen LogP) is 0.548. The van der Waals surface area contributed by atoms with E-state index in [4.69, 9.17) is 10.5 Å². The number of amides is 1. The van der Waals surface area contributed by atoms with E-state index in [2.05, 4.69) is 24.1 Å². The third kappa shape index (κ3) is 5.44. The molecule has 2 rings (SSSR count). The summed E-state index contributed by atoms with van der Waals surface area (Å²) in [5.41, 5.74) is 5.18. The second-order valence-electron chi connectivity index (χ2n) is 5.80. The second-order valence-corrected chi connectivity index (χ2v) is 5.80. The largest absolute Gasteiger partial charge is 0.373 e. The summed E-state index contributed by atoms with van der Waals surface area (Å²) >= 11 is 0. The topological polar surface area (TPSA) is 67.6 Å². The molecule has 0 aromatic carbocycles. The Bertz CT molecular complexity index is 309. The number of morpholine rings is 1. The van der Waals surface area contributed by atoms with Gasteiger partial charge in [-0.05, 0) is 26.7 Å². The second kappa shape index (κ2) is 7.09. The molecule has 1 saturated carbocycles. The number of rotatable bonds is 4. The summed E-state index contributed by atoms with van der Waals surface area (Å²) in [4.78, 5) is 13.9. The number of hydrogen-bond donors (Lipinski definition) is 2. The summed E-state index contributed by atoms with van der Waals surface area (Å²) in [6, 6.07) is 0. The van der Waals surface area contributed by atoms with Crippen LogP contribution in [0.1, 0.15) is 26.7 Å². The monoisotopic (exact) mass is 313 g/mol. The zero-order chi connectivity index (χ0) is 12.5. The third-order valence-electron chi connectivity index (χ3n) is 3.46. The minimum absolute atomic E-state index is 0. The third-order valence-corrected chi connectivity index (χ3v) is 3.46. The van der Waals surface area contributed by atoms with Gasteiger partial charge in [-0.25, -0.2) is 0 Å². The van der Waals surface area contributed by atoms with Crippen LogP contribution in [0.25, 0.3) is 0 Å². The highest BCUT2D eigenvalue weighted by Crippen LogP contribution is 2.31. The standard InChI is InChI=1S/C12H23N3O2.2ClH/c1-11(2)9-15(7-8-17-11)6-5-14-10(16)12(13)3-4-12;;/h3-9,13H2,1-2H3,(H,14,16);2*1H. The minimum atomic E-state index is -0.551. The predicted molar refractivity (Wildman–Crippen MR) is 80.1 cm³/mol. The molecule has 0 aromatic heterocycles. The molecule has 2 fully saturated rings.